The van der Waals surface area contributed by atoms with Crippen molar-refractivity contribution in [1.29, 1.82) is 0 Å². The Hall–Kier alpha value is -2.97. The van der Waals surface area contributed by atoms with Crippen molar-refractivity contribution in [3.8, 4) is 0 Å². The average molecular weight is 434 g/mol. The molecular formula is C23H23N5O2S. The molecule has 5 rings (SSSR count). The van der Waals surface area contributed by atoms with Crippen LogP contribution in [0, 0.1) is 0 Å². The van der Waals surface area contributed by atoms with Crippen LogP contribution in [0.2, 0.25) is 0 Å². The summed E-state index contributed by atoms with van der Waals surface area (Å²) in [6.45, 7) is 1.79. The van der Waals surface area contributed by atoms with Crippen molar-refractivity contribution in [2.24, 2.45) is 0 Å². The molecule has 2 aliphatic heterocycles. The number of aromatic amines is 1. The number of thioether (sulfide) groups is 1. The van der Waals surface area contributed by atoms with Crippen LogP contribution in [0.5, 0.6) is 0 Å². The van der Waals surface area contributed by atoms with Crippen LogP contribution in [0.25, 0.3) is 17.0 Å². The van der Waals surface area contributed by atoms with E-state index in [1.54, 1.807) is 6.20 Å². The minimum Gasteiger partial charge on any atom is -0.361 e. The second kappa shape index (κ2) is 8.64. The normalized spacial score (nSPS) is 21.1. The lowest BCUT2D eigenvalue weighted by molar-refractivity contribution is -0.130. The molecule has 0 spiro atoms. The van der Waals surface area contributed by atoms with Crippen LogP contribution < -0.4 is 10.2 Å². The number of Topliss-reactive ketones (excluding diaryl/α,β-unsaturated/α-hetero) is 1. The van der Waals surface area contributed by atoms with E-state index in [4.69, 9.17) is 4.98 Å². The Morgan fingerprint density at radius 3 is 2.87 bits per heavy atom. The van der Waals surface area contributed by atoms with Gasteiger partial charge in [-0.25, -0.2) is 9.97 Å². The van der Waals surface area contributed by atoms with E-state index in [2.05, 4.69) is 50.6 Å². The van der Waals surface area contributed by atoms with Crippen molar-refractivity contribution in [3.63, 3.8) is 0 Å². The first-order valence-electron chi connectivity index (χ1n) is 10.4. The molecule has 158 valence electrons. The number of anilines is 1. The van der Waals surface area contributed by atoms with Crippen LogP contribution in [0.4, 0.5) is 5.95 Å². The lowest BCUT2D eigenvalue weighted by atomic mass is 9.89. The molecule has 2 fully saturated rings. The zero-order valence-corrected chi connectivity index (χ0v) is 17.8. The van der Waals surface area contributed by atoms with Crippen molar-refractivity contribution >= 4 is 46.8 Å². The number of benzene rings is 1. The number of ketones is 1. The molecule has 0 radical (unpaired) electrons. The maximum Gasteiger partial charge on any atom is 0.225 e. The molecule has 1 aromatic carbocycles. The topological polar surface area (TPSA) is 91.0 Å². The first kappa shape index (κ1) is 20.0. The van der Waals surface area contributed by atoms with Crippen LogP contribution in [0.15, 0.2) is 47.6 Å². The highest BCUT2D eigenvalue weighted by Crippen LogP contribution is 2.34. The highest BCUT2D eigenvalue weighted by molar-refractivity contribution is 8.03. The van der Waals surface area contributed by atoms with Crippen LogP contribution >= 0.6 is 11.8 Å². The second-order valence-corrected chi connectivity index (χ2v) is 8.87. The first-order valence-corrected chi connectivity index (χ1v) is 11.4. The summed E-state index contributed by atoms with van der Waals surface area (Å²) in [5.74, 6) is 1.38. The highest BCUT2D eigenvalue weighted by Gasteiger charge is 2.28. The van der Waals surface area contributed by atoms with E-state index >= 15 is 0 Å². The Balaban J connectivity index is 1.30. The number of para-hydroxylation sites is 1. The van der Waals surface area contributed by atoms with E-state index in [0.29, 0.717) is 24.0 Å². The van der Waals surface area contributed by atoms with Crippen LogP contribution in [-0.4, -0.2) is 52.0 Å². The molecule has 31 heavy (non-hydrogen) atoms. The summed E-state index contributed by atoms with van der Waals surface area (Å²) in [5.41, 5.74) is 3.33. The van der Waals surface area contributed by atoms with Gasteiger partial charge in [-0.05, 0) is 42.5 Å². The van der Waals surface area contributed by atoms with Crippen LogP contribution in [0.3, 0.4) is 0 Å². The fraction of sp³-hybridized carbons (Fsp3) is 0.304. The number of H-pyrrole nitrogens is 1. The fourth-order valence-corrected chi connectivity index (χ4v) is 5.38. The third-order valence-corrected chi connectivity index (χ3v) is 7.00. The predicted molar refractivity (Wildman–Crippen MR) is 123 cm³/mol. The maximum absolute atomic E-state index is 11.8. The summed E-state index contributed by atoms with van der Waals surface area (Å²) in [4.78, 5) is 38.3. The predicted octanol–water partition coefficient (Wildman–Crippen LogP) is 3.11. The third-order valence-electron chi connectivity index (χ3n) is 6.00. The summed E-state index contributed by atoms with van der Waals surface area (Å²) < 4.78 is 0. The molecule has 1 unspecified atom stereocenters. The molecular weight excluding hydrogens is 410 g/mol. The molecule has 3 aromatic rings. The number of carbonyl (C=O) groups is 2. The molecule has 7 nitrogen and oxygen atoms in total. The van der Waals surface area contributed by atoms with E-state index in [1.807, 2.05) is 12.1 Å². The van der Waals surface area contributed by atoms with E-state index in [9.17, 15) is 9.59 Å². The Morgan fingerprint density at radius 1 is 1.19 bits per heavy atom. The number of carbonyl (C=O) groups excluding carboxylic acids is 2. The van der Waals surface area contributed by atoms with E-state index in [1.165, 1.54) is 28.2 Å². The first-order chi connectivity index (χ1) is 15.2. The molecule has 2 aliphatic rings. The highest BCUT2D eigenvalue weighted by atomic mass is 32.2. The summed E-state index contributed by atoms with van der Waals surface area (Å²) in [6, 6.07) is 9.72. The zero-order chi connectivity index (χ0) is 21.2. The Morgan fingerprint density at radius 2 is 2.03 bits per heavy atom. The Bertz CT molecular complexity index is 1150. The molecule has 2 saturated heterocycles. The standard InChI is InChI=1S/C23H23N5O2S/c29-13-20(30)22-21(31-14-26-22)11-16-5-8-24-23(27-16)28-9-6-15(7-10-28)18-12-25-19-4-2-1-3-17(18)19/h1-5,8,11-13,15,22,25-26H,6-7,9-10,14H2/b21-11-. The van der Waals surface area contributed by atoms with Crippen molar-refractivity contribution < 1.29 is 9.59 Å². The van der Waals surface area contributed by atoms with Gasteiger partial charge in [0.2, 0.25) is 11.7 Å². The number of nitrogens with one attached hydrogen (secondary N) is 2. The van der Waals surface area contributed by atoms with Crippen molar-refractivity contribution in [2.75, 3.05) is 23.9 Å². The quantitative estimate of drug-likeness (QED) is 0.472. The van der Waals surface area contributed by atoms with Gasteiger partial charge in [-0.2, -0.15) is 0 Å². The lowest BCUT2D eigenvalue weighted by Crippen LogP contribution is -2.34. The van der Waals surface area contributed by atoms with Gasteiger partial charge < -0.3 is 9.88 Å². The Kier molecular flexibility index (Phi) is 5.57. The van der Waals surface area contributed by atoms with Crippen molar-refractivity contribution in [1.82, 2.24) is 20.3 Å². The van der Waals surface area contributed by atoms with Gasteiger partial charge in [0.25, 0.3) is 0 Å². The molecule has 1 atom stereocenters. The number of hydrogen-bond acceptors (Lipinski definition) is 7. The minimum atomic E-state index is -0.562. The molecule has 0 bridgehead atoms. The molecule has 2 aromatic heterocycles. The fourth-order valence-electron chi connectivity index (χ4n) is 4.39. The maximum atomic E-state index is 11.8. The van der Waals surface area contributed by atoms with Gasteiger partial charge in [-0.15, -0.1) is 11.8 Å². The van der Waals surface area contributed by atoms with Gasteiger partial charge in [-0.3, -0.25) is 14.9 Å². The molecule has 4 heterocycles. The van der Waals surface area contributed by atoms with Gasteiger partial charge >= 0.3 is 0 Å². The van der Waals surface area contributed by atoms with Gasteiger partial charge in [0, 0.05) is 47.2 Å². The van der Waals surface area contributed by atoms with Crippen molar-refractivity contribution in [2.45, 2.75) is 24.8 Å². The number of piperidine rings is 1. The van der Waals surface area contributed by atoms with Gasteiger partial charge in [0.15, 0.2) is 6.29 Å². The number of aldehydes is 1. The van der Waals surface area contributed by atoms with Gasteiger partial charge in [-0.1, -0.05) is 18.2 Å². The van der Waals surface area contributed by atoms with E-state index in [-0.39, 0.29) is 0 Å². The van der Waals surface area contributed by atoms with Gasteiger partial charge in [0.05, 0.1) is 5.69 Å². The number of fused-ring (bicyclic) bond motifs is 1. The number of hydrogen-bond donors (Lipinski definition) is 2. The Labute approximate surface area is 184 Å². The van der Waals surface area contributed by atoms with Crippen molar-refractivity contribution in [3.05, 3.63) is 58.9 Å². The molecule has 0 aliphatic carbocycles. The van der Waals surface area contributed by atoms with Gasteiger partial charge in [0.1, 0.15) is 6.04 Å². The van der Waals surface area contributed by atoms with Crippen LogP contribution in [0.1, 0.15) is 30.0 Å². The summed E-state index contributed by atoms with van der Waals surface area (Å²) in [6.07, 6.45) is 8.25. The van der Waals surface area contributed by atoms with Crippen LogP contribution in [-0.2, 0) is 9.59 Å². The number of nitrogens with zero attached hydrogens (tertiary/aromatic N) is 3. The zero-order valence-electron chi connectivity index (χ0n) is 17.0. The summed E-state index contributed by atoms with van der Waals surface area (Å²) in [7, 11) is 0. The summed E-state index contributed by atoms with van der Waals surface area (Å²) >= 11 is 1.52. The van der Waals surface area contributed by atoms with E-state index in [0.717, 1.165) is 36.5 Å². The third kappa shape index (κ3) is 4.00. The average Bonchev–Trinajstić information content (AvgIpc) is 3.46. The molecule has 2 N–H and O–H groups in total. The molecule has 0 saturated carbocycles. The minimum absolute atomic E-state index is 0.376. The second-order valence-electron chi connectivity index (χ2n) is 7.83. The monoisotopic (exact) mass is 433 g/mol. The number of aromatic nitrogens is 3. The largest absolute Gasteiger partial charge is 0.361 e. The molecule has 8 heteroatoms. The summed E-state index contributed by atoms with van der Waals surface area (Å²) in [5, 5.41) is 4.36. The lowest BCUT2D eigenvalue weighted by Gasteiger charge is -2.32. The van der Waals surface area contributed by atoms with E-state index < -0.39 is 11.8 Å². The smallest absolute Gasteiger partial charge is 0.225 e. The molecule has 0 amide bonds. The number of rotatable bonds is 5. The SMILES string of the molecule is O=CC(=O)C1NCS/C1=C\c1ccnc(N2CCC(c3c[nH]c4ccccc34)CC2)n1.